The molecule has 36 heavy (non-hydrogen) atoms. The summed E-state index contributed by atoms with van der Waals surface area (Å²) in [5, 5.41) is 12.3. The predicted molar refractivity (Wildman–Crippen MR) is 140 cm³/mol. The number of hydrogen-bond acceptors (Lipinski definition) is 5. The van der Waals surface area contributed by atoms with Crippen LogP contribution in [0.3, 0.4) is 0 Å². The monoisotopic (exact) mass is 485 g/mol. The Labute approximate surface area is 211 Å². The third-order valence-electron chi connectivity index (χ3n) is 7.55. The number of hydrogen-bond donors (Lipinski definition) is 0. The Hall–Kier alpha value is -3.80. The highest BCUT2D eigenvalue weighted by molar-refractivity contribution is 6.14. The average molecular weight is 486 g/mol. The maximum absolute atomic E-state index is 13.2. The molecule has 0 radical (unpaired) electrons. The Morgan fingerprint density at radius 1 is 0.917 bits per heavy atom. The van der Waals surface area contributed by atoms with E-state index in [1.54, 1.807) is 43.3 Å². The van der Waals surface area contributed by atoms with Gasteiger partial charge >= 0.3 is 5.97 Å². The number of benzene rings is 3. The molecule has 0 aliphatic heterocycles. The van der Waals surface area contributed by atoms with E-state index in [4.69, 9.17) is 4.74 Å². The van der Waals surface area contributed by atoms with E-state index >= 15 is 0 Å². The number of fused-ring (bicyclic) bond motifs is 1. The van der Waals surface area contributed by atoms with Gasteiger partial charge in [0, 0.05) is 22.3 Å². The van der Waals surface area contributed by atoms with Crippen LogP contribution in [0.15, 0.2) is 54.6 Å². The van der Waals surface area contributed by atoms with Crippen LogP contribution in [-0.2, 0) is 15.6 Å². The van der Waals surface area contributed by atoms with E-state index in [9.17, 15) is 19.7 Å². The van der Waals surface area contributed by atoms with Crippen molar-refractivity contribution >= 4 is 17.4 Å². The summed E-state index contributed by atoms with van der Waals surface area (Å²) in [7, 11) is 1.28. The third-order valence-corrected chi connectivity index (χ3v) is 7.55. The molecule has 0 saturated heterocycles. The van der Waals surface area contributed by atoms with Gasteiger partial charge < -0.3 is 4.74 Å². The Kier molecular flexibility index (Phi) is 6.33. The van der Waals surface area contributed by atoms with Crippen LogP contribution in [0.1, 0.15) is 83.5 Å². The molecule has 6 heteroatoms. The first-order valence-corrected chi connectivity index (χ1v) is 12.0. The van der Waals surface area contributed by atoms with Crippen molar-refractivity contribution in [2.75, 3.05) is 7.11 Å². The van der Waals surface area contributed by atoms with Gasteiger partial charge in [0.15, 0.2) is 5.78 Å². The number of nitro benzene ring substituents is 1. The minimum absolute atomic E-state index is 0.187. The van der Waals surface area contributed by atoms with Crippen molar-refractivity contribution in [2.45, 2.75) is 58.3 Å². The summed E-state index contributed by atoms with van der Waals surface area (Å²) >= 11 is 0. The Bertz CT molecular complexity index is 1380. The Balaban J connectivity index is 1.82. The normalized spacial score (nSPS) is 15.6. The van der Waals surface area contributed by atoms with Gasteiger partial charge in [0.1, 0.15) is 0 Å². The first-order valence-electron chi connectivity index (χ1n) is 12.0. The van der Waals surface area contributed by atoms with E-state index in [0.29, 0.717) is 11.1 Å². The van der Waals surface area contributed by atoms with E-state index < -0.39 is 5.97 Å². The summed E-state index contributed by atoms with van der Waals surface area (Å²) in [6.07, 6.45) is 1.83. The van der Waals surface area contributed by atoms with Gasteiger partial charge in [-0.15, -0.1) is 0 Å². The van der Waals surface area contributed by atoms with Gasteiger partial charge in [-0.3, -0.25) is 14.9 Å². The molecule has 0 unspecified atom stereocenters. The second-order valence-electron chi connectivity index (χ2n) is 10.8. The SMILES string of the molecule is COC(=O)c1ccccc1C(=O)c1ccc(-c2cc3c(c([N+](=O)[O-])c2C)C(C)(C)CCC3(C)C)cc1. The summed E-state index contributed by atoms with van der Waals surface area (Å²) in [6, 6.07) is 15.7. The first-order chi connectivity index (χ1) is 16.9. The average Bonchev–Trinajstić information content (AvgIpc) is 2.85. The van der Waals surface area contributed by atoms with Crippen LogP contribution in [0.25, 0.3) is 11.1 Å². The molecule has 0 amide bonds. The first kappa shape index (κ1) is 25.3. The van der Waals surface area contributed by atoms with Gasteiger partial charge in [-0.05, 0) is 59.4 Å². The van der Waals surface area contributed by atoms with Crippen LogP contribution in [0, 0.1) is 17.0 Å². The maximum atomic E-state index is 13.2. The van der Waals surface area contributed by atoms with Crippen molar-refractivity contribution in [2.24, 2.45) is 0 Å². The van der Waals surface area contributed by atoms with Gasteiger partial charge in [0.25, 0.3) is 5.69 Å². The number of carbonyl (C=O) groups is 2. The van der Waals surface area contributed by atoms with Crippen LogP contribution in [0.5, 0.6) is 0 Å². The lowest BCUT2D eigenvalue weighted by Crippen LogP contribution is -2.35. The lowest BCUT2D eigenvalue weighted by atomic mass is 9.61. The Morgan fingerprint density at radius 3 is 2.08 bits per heavy atom. The standard InChI is InChI=1S/C30H31NO5/c1-18-23(17-24-25(26(18)31(34)35)30(4,5)16-15-29(24,2)3)19-11-13-20(14-12-19)27(32)21-9-7-8-10-22(21)28(33)36-6/h7-14,17H,15-16H2,1-6H3. The van der Waals surface area contributed by atoms with Crippen molar-refractivity contribution in [3.8, 4) is 11.1 Å². The molecule has 0 N–H and O–H groups in total. The number of ketones is 1. The van der Waals surface area contributed by atoms with Crippen LogP contribution < -0.4 is 0 Å². The number of esters is 1. The van der Waals surface area contributed by atoms with Gasteiger partial charge in [-0.2, -0.15) is 0 Å². The molecule has 0 spiro atoms. The summed E-state index contributed by atoms with van der Waals surface area (Å²) in [4.78, 5) is 37.4. The van der Waals surface area contributed by atoms with Crippen LogP contribution in [0.4, 0.5) is 5.69 Å². The molecule has 6 nitrogen and oxygen atoms in total. The maximum Gasteiger partial charge on any atom is 0.338 e. The summed E-state index contributed by atoms with van der Waals surface area (Å²) in [6.45, 7) is 10.3. The minimum atomic E-state index is -0.571. The van der Waals surface area contributed by atoms with Gasteiger partial charge in [-0.25, -0.2) is 4.79 Å². The van der Waals surface area contributed by atoms with Gasteiger partial charge in [-0.1, -0.05) is 70.2 Å². The second kappa shape index (κ2) is 9.01. The lowest BCUT2D eigenvalue weighted by molar-refractivity contribution is -0.386. The second-order valence-corrected chi connectivity index (χ2v) is 10.8. The number of ether oxygens (including phenoxy) is 1. The van der Waals surface area contributed by atoms with Crippen LogP contribution in [-0.4, -0.2) is 23.8 Å². The lowest BCUT2D eigenvalue weighted by Gasteiger charge is -2.41. The molecular weight excluding hydrogens is 454 g/mol. The van der Waals surface area contributed by atoms with Gasteiger partial charge in [0.2, 0.25) is 0 Å². The molecule has 3 aromatic rings. The summed E-state index contributed by atoms with van der Waals surface area (Å²) in [5.41, 5.74) is 4.66. The molecule has 0 saturated carbocycles. The molecule has 0 aromatic heterocycles. The molecule has 0 fully saturated rings. The van der Waals surface area contributed by atoms with Gasteiger partial charge in [0.05, 0.1) is 17.6 Å². The Morgan fingerprint density at radius 2 is 1.50 bits per heavy atom. The minimum Gasteiger partial charge on any atom is -0.465 e. The molecule has 1 aliphatic carbocycles. The molecule has 4 rings (SSSR count). The molecule has 0 atom stereocenters. The molecule has 0 bridgehead atoms. The largest absolute Gasteiger partial charge is 0.465 e. The number of nitro groups is 1. The molecule has 3 aromatic carbocycles. The predicted octanol–water partition coefficient (Wildman–Crippen LogP) is 6.94. The van der Waals surface area contributed by atoms with Crippen LogP contribution in [0.2, 0.25) is 0 Å². The fourth-order valence-electron chi connectivity index (χ4n) is 5.32. The third kappa shape index (κ3) is 4.21. The molecular formula is C30H31NO5. The highest BCUT2D eigenvalue weighted by Crippen LogP contribution is 2.52. The van der Waals surface area contributed by atoms with Crippen molar-refractivity contribution in [3.05, 3.63) is 98.1 Å². The zero-order valence-corrected chi connectivity index (χ0v) is 21.6. The van der Waals surface area contributed by atoms with E-state index in [-0.39, 0.29) is 38.4 Å². The number of nitrogens with zero attached hydrogens (tertiary/aromatic N) is 1. The number of rotatable bonds is 5. The van der Waals surface area contributed by atoms with Crippen molar-refractivity contribution in [1.82, 2.24) is 0 Å². The topological polar surface area (TPSA) is 86.5 Å². The zero-order valence-electron chi connectivity index (χ0n) is 21.6. The number of methoxy groups -OCH3 is 1. The smallest absolute Gasteiger partial charge is 0.338 e. The fraction of sp³-hybridized carbons (Fsp3) is 0.333. The van der Waals surface area contributed by atoms with E-state index in [2.05, 4.69) is 33.8 Å². The number of carbonyl (C=O) groups excluding carboxylic acids is 2. The van der Waals surface area contributed by atoms with Crippen molar-refractivity contribution < 1.29 is 19.2 Å². The highest BCUT2D eigenvalue weighted by atomic mass is 16.6. The molecule has 0 heterocycles. The van der Waals surface area contributed by atoms with Crippen LogP contribution >= 0.6 is 0 Å². The molecule has 1 aliphatic rings. The van der Waals surface area contributed by atoms with Crippen molar-refractivity contribution in [1.29, 1.82) is 0 Å². The fourth-order valence-corrected chi connectivity index (χ4v) is 5.32. The zero-order chi connectivity index (χ0) is 26.4. The summed E-state index contributed by atoms with van der Waals surface area (Å²) in [5.74, 6) is -0.864. The van der Waals surface area contributed by atoms with Crippen molar-refractivity contribution in [3.63, 3.8) is 0 Å². The van der Waals surface area contributed by atoms with E-state index in [1.807, 2.05) is 12.1 Å². The quantitative estimate of drug-likeness (QED) is 0.169. The van der Waals surface area contributed by atoms with E-state index in [0.717, 1.165) is 35.1 Å². The molecule has 186 valence electrons. The highest BCUT2D eigenvalue weighted by Gasteiger charge is 2.43. The van der Waals surface area contributed by atoms with E-state index in [1.165, 1.54) is 7.11 Å². The summed E-state index contributed by atoms with van der Waals surface area (Å²) < 4.78 is 4.81.